The highest BCUT2D eigenvalue weighted by molar-refractivity contribution is 6.36. The SMILES string of the molecule is O=C(NN=Cc1ccc(-c2ccc(Cl)cc2Cl)o1)c1ccc2ccccc2c1O. The molecule has 0 aliphatic heterocycles. The summed E-state index contributed by atoms with van der Waals surface area (Å²) in [6.07, 6.45) is 1.36. The smallest absolute Gasteiger partial charge is 0.275 e. The Hall–Kier alpha value is -3.28. The first-order valence-electron chi connectivity index (χ1n) is 8.62. The van der Waals surface area contributed by atoms with Gasteiger partial charge in [0.05, 0.1) is 16.8 Å². The number of fused-ring (bicyclic) bond motifs is 1. The van der Waals surface area contributed by atoms with E-state index in [1.54, 1.807) is 54.6 Å². The van der Waals surface area contributed by atoms with Crippen molar-refractivity contribution in [2.24, 2.45) is 5.10 Å². The fraction of sp³-hybridized carbons (Fsp3) is 0. The van der Waals surface area contributed by atoms with E-state index in [-0.39, 0.29) is 11.3 Å². The minimum atomic E-state index is -0.531. The fourth-order valence-corrected chi connectivity index (χ4v) is 3.41. The number of phenolic OH excluding ortho intramolecular Hbond substituents is 1. The lowest BCUT2D eigenvalue weighted by Gasteiger charge is -2.06. The molecule has 0 aliphatic rings. The van der Waals surface area contributed by atoms with Crippen molar-refractivity contribution in [1.29, 1.82) is 0 Å². The number of nitrogens with one attached hydrogen (secondary N) is 1. The van der Waals surface area contributed by atoms with Crippen molar-refractivity contribution in [3.63, 3.8) is 0 Å². The van der Waals surface area contributed by atoms with Crippen molar-refractivity contribution in [2.75, 3.05) is 0 Å². The zero-order valence-electron chi connectivity index (χ0n) is 14.9. The Kier molecular flexibility index (Phi) is 5.25. The molecule has 0 atom stereocenters. The second-order valence-electron chi connectivity index (χ2n) is 6.21. The van der Waals surface area contributed by atoms with Crippen molar-refractivity contribution in [3.8, 4) is 17.1 Å². The highest BCUT2D eigenvalue weighted by Gasteiger charge is 2.13. The van der Waals surface area contributed by atoms with Crippen LogP contribution < -0.4 is 5.43 Å². The molecular weight excluding hydrogens is 411 g/mol. The van der Waals surface area contributed by atoms with Crippen LogP contribution >= 0.6 is 23.2 Å². The molecule has 0 bridgehead atoms. The molecule has 0 saturated carbocycles. The van der Waals surface area contributed by atoms with Gasteiger partial charge in [0.25, 0.3) is 5.91 Å². The number of aromatic hydroxyl groups is 1. The van der Waals surface area contributed by atoms with Crippen LogP contribution in [0.1, 0.15) is 16.1 Å². The number of phenols is 1. The number of rotatable bonds is 4. The molecule has 1 heterocycles. The molecule has 4 rings (SSSR count). The maximum absolute atomic E-state index is 12.4. The lowest BCUT2D eigenvalue weighted by Crippen LogP contribution is -2.17. The van der Waals surface area contributed by atoms with Gasteiger partial charge in [-0.2, -0.15) is 5.10 Å². The van der Waals surface area contributed by atoms with Crippen LogP contribution in [-0.2, 0) is 0 Å². The largest absolute Gasteiger partial charge is 0.506 e. The van der Waals surface area contributed by atoms with Gasteiger partial charge in [-0.15, -0.1) is 0 Å². The van der Waals surface area contributed by atoms with E-state index in [1.807, 2.05) is 12.1 Å². The molecule has 0 radical (unpaired) electrons. The highest BCUT2D eigenvalue weighted by atomic mass is 35.5. The average molecular weight is 425 g/mol. The van der Waals surface area contributed by atoms with Gasteiger partial charge in [0.2, 0.25) is 0 Å². The van der Waals surface area contributed by atoms with Crippen molar-refractivity contribution in [2.45, 2.75) is 0 Å². The molecule has 0 aliphatic carbocycles. The number of hydrogen-bond acceptors (Lipinski definition) is 4. The summed E-state index contributed by atoms with van der Waals surface area (Å²) < 4.78 is 5.68. The molecule has 3 aromatic carbocycles. The number of hydrazone groups is 1. The Morgan fingerprint density at radius 2 is 1.86 bits per heavy atom. The first-order chi connectivity index (χ1) is 14.0. The third-order valence-electron chi connectivity index (χ3n) is 4.33. The zero-order chi connectivity index (χ0) is 20.4. The lowest BCUT2D eigenvalue weighted by atomic mass is 10.1. The molecule has 0 spiro atoms. The first-order valence-corrected chi connectivity index (χ1v) is 9.38. The molecule has 5 nitrogen and oxygen atoms in total. The molecule has 1 amide bonds. The maximum atomic E-state index is 12.4. The number of benzene rings is 3. The molecule has 7 heteroatoms. The number of halogens is 2. The summed E-state index contributed by atoms with van der Waals surface area (Å²) in [6, 6.07) is 19.1. The van der Waals surface area contributed by atoms with Crippen molar-refractivity contribution >= 4 is 46.1 Å². The van der Waals surface area contributed by atoms with Gasteiger partial charge in [-0.25, -0.2) is 5.43 Å². The van der Waals surface area contributed by atoms with E-state index in [4.69, 9.17) is 27.6 Å². The molecule has 0 fully saturated rings. The molecule has 144 valence electrons. The van der Waals surface area contributed by atoms with E-state index in [0.717, 1.165) is 5.39 Å². The van der Waals surface area contributed by atoms with Crippen LogP contribution in [-0.4, -0.2) is 17.2 Å². The van der Waals surface area contributed by atoms with Crippen LogP contribution in [0.15, 0.2) is 76.2 Å². The normalized spacial score (nSPS) is 11.2. The topological polar surface area (TPSA) is 74.8 Å². The molecule has 4 aromatic rings. The van der Waals surface area contributed by atoms with Gasteiger partial charge in [-0.1, -0.05) is 53.5 Å². The van der Waals surface area contributed by atoms with Crippen LogP contribution in [0.4, 0.5) is 0 Å². The first kappa shape index (κ1) is 19.1. The summed E-state index contributed by atoms with van der Waals surface area (Å²) in [6.45, 7) is 0. The number of furan rings is 1. The quantitative estimate of drug-likeness (QED) is 0.317. The predicted molar refractivity (Wildman–Crippen MR) is 115 cm³/mol. The maximum Gasteiger partial charge on any atom is 0.275 e. The van der Waals surface area contributed by atoms with Crippen molar-refractivity contribution < 1.29 is 14.3 Å². The van der Waals surface area contributed by atoms with E-state index in [1.165, 1.54) is 6.21 Å². The van der Waals surface area contributed by atoms with Gasteiger partial charge in [-0.05, 0) is 41.8 Å². The van der Waals surface area contributed by atoms with E-state index in [2.05, 4.69) is 10.5 Å². The van der Waals surface area contributed by atoms with Gasteiger partial charge in [0.1, 0.15) is 17.3 Å². The Bertz CT molecular complexity index is 1250. The van der Waals surface area contributed by atoms with E-state index in [9.17, 15) is 9.90 Å². The van der Waals surface area contributed by atoms with Gasteiger partial charge in [0.15, 0.2) is 0 Å². The zero-order valence-corrected chi connectivity index (χ0v) is 16.4. The Morgan fingerprint density at radius 3 is 2.69 bits per heavy atom. The van der Waals surface area contributed by atoms with E-state index < -0.39 is 5.91 Å². The number of amides is 1. The van der Waals surface area contributed by atoms with Gasteiger partial charge >= 0.3 is 0 Å². The van der Waals surface area contributed by atoms with Crippen LogP contribution in [0.3, 0.4) is 0 Å². The monoisotopic (exact) mass is 424 g/mol. The van der Waals surface area contributed by atoms with Crippen LogP contribution in [0.2, 0.25) is 10.0 Å². The number of carbonyl (C=O) groups excluding carboxylic acids is 1. The minimum absolute atomic E-state index is 0.0894. The van der Waals surface area contributed by atoms with Crippen molar-refractivity contribution in [1.82, 2.24) is 5.43 Å². The minimum Gasteiger partial charge on any atom is -0.506 e. The Labute approximate surface area is 176 Å². The number of nitrogens with zero attached hydrogens (tertiary/aromatic N) is 1. The average Bonchev–Trinajstić information content (AvgIpc) is 3.17. The highest BCUT2D eigenvalue weighted by Crippen LogP contribution is 2.31. The molecule has 0 saturated heterocycles. The summed E-state index contributed by atoms with van der Waals surface area (Å²) in [5.74, 6) is 0.353. The lowest BCUT2D eigenvalue weighted by molar-refractivity contribution is 0.0952. The second kappa shape index (κ2) is 7.99. The Morgan fingerprint density at radius 1 is 1.03 bits per heavy atom. The molecule has 29 heavy (non-hydrogen) atoms. The summed E-state index contributed by atoms with van der Waals surface area (Å²) in [4.78, 5) is 12.4. The van der Waals surface area contributed by atoms with Crippen LogP contribution in [0.5, 0.6) is 5.75 Å². The third kappa shape index (κ3) is 3.97. The van der Waals surface area contributed by atoms with E-state index >= 15 is 0 Å². The predicted octanol–water partition coefficient (Wildman–Crippen LogP) is 5.88. The summed E-state index contributed by atoms with van der Waals surface area (Å²) >= 11 is 12.1. The summed E-state index contributed by atoms with van der Waals surface area (Å²) in [7, 11) is 0. The second-order valence-corrected chi connectivity index (χ2v) is 7.05. The van der Waals surface area contributed by atoms with Crippen molar-refractivity contribution in [3.05, 3.63) is 88.1 Å². The third-order valence-corrected chi connectivity index (χ3v) is 4.87. The molecule has 0 unspecified atom stereocenters. The van der Waals surface area contributed by atoms with Gasteiger partial charge in [-0.3, -0.25) is 4.79 Å². The number of hydrogen-bond donors (Lipinski definition) is 2. The molecule has 1 aromatic heterocycles. The fourth-order valence-electron chi connectivity index (χ4n) is 2.91. The molecule has 2 N–H and O–H groups in total. The van der Waals surface area contributed by atoms with Crippen LogP contribution in [0, 0.1) is 0 Å². The molecular formula is C22H14Cl2N2O3. The van der Waals surface area contributed by atoms with E-state index in [0.29, 0.717) is 32.5 Å². The van der Waals surface area contributed by atoms with Gasteiger partial charge in [0, 0.05) is 16.0 Å². The number of carbonyl (C=O) groups is 1. The van der Waals surface area contributed by atoms with Crippen LogP contribution in [0.25, 0.3) is 22.1 Å². The van der Waals surface area contributed by atoms with Gasteiger partial charge < -0.3 is 9.52 Å². The standard InChI is InChI=1S/C22H14Cl2N2O3/c23-14-6-9-17(19(24)11-14)20-10-7-15(29-20)12-25-26-22(28)18-8-5-13-3-1-2-4-16(13)21(18)27/h1-12,27H,(H,26,28). The Balaban J connectivity index is 1.49. The summed E-state index contributed by atoms with van der Waals surface area (Å²) in [5.41, 5.74) is 3.22. The summed E-state index contributed by atoms with van der Waals surface area (Å²) in [5, 5.41) is 16.7.